The summed E-state index contributed by atoms with van der Waals surface area (Å²) in [5.74, 6) is 1.66. The molecular weight excluding hydrogens is 164 g/mol. The van der Waals surface area contributed by atoms with E-state index in [1.807, 2.05) is 13.8 Å². The van der Waals surface area contributed by atoms with Gasteiger partial charge in [0.1, 0.15) is 11.5 Å². The monoisotopic (exact) mass is 178 g/mol. The zero-order valence-corrected chi connectivity index (χ0v) is 8.14. The first kappa shape index (κ1) is 9.94. The summed E-state index contributed by atoms with van der Waals surface area (Å²) >= 11 is 0. The number of allylic oxidation sites excluding steroid dienone is 3. The van der Waals surface area contributed by atoms with Crippen LogP contribution in [0, 0.1) is 0 Å². The van der Waals surface area contributed by atoms with Crippen LogP contribution in [0.5, 0.6) is 0 Å². The van der Waals surface area contributed by atoms with E-state index in [1.54, 1.807) is 5.94 Å². The fourth-order valence-corrected chi connectivity index (χ4v) is 1.66. The molecule has 0 saturated carbocycles. The van der Waals surface area contributed by atoms with Crippen LogP contribution >= 0.6 is 0 Å². The van der Waals surface area contributed by atoms with Crippen LogP contribution in [0.3, 0.4) is 0 Å². The Bertz CT molecular complexity index is 304. The van der Waals surface area contributed by atoms with Crippen LogP contribution < -0.4 is 0 Å². The van der Waals surface area contributed by atoms with Crippen molar-refractivity contribution in [1.29, 1.82) is 0 Å². The topological polar surface area (TPSA) is 34.1 Å². The lowest BCUT2D eigenvalue weighted by Gasteiger charge is -2.22. The molecule has 0 aliphatic heterocycles. The lowest BCUT2D eigenvalue weighted by atomic mass is 9.78. The normalized spacial score (nSPS) is 15.8. The van der Waals surface area contributed by atoms with Gasteiger partial charge in [0.15, 0.2) is 0 Å². The molecule has 1 aliphatic carbocycles. The van der Waals surface area contributed by atoms with Crippen LogP contribution in [0.15, 0.2) is 16.7 Å². The second-order valence-electron chi connectivity index (χ2n) is 3.26. The SMILES string of the molecule is CCCC1=C(CCC)C(=C=O)C1=O. The zero-order valence-electron chi connectivity index (χ0n) is 8.14. The standard InChI is InChI=1S/C11H14O2/c1-3-5-8-9(6-4-2)11(13)10(8)7-12/h3-6H2,1-2H3. The van der Waals surface area contributed by atoms with Gasteiger partial charge in [0.2, 0.25) is 5.78 Å². The molecule has 0 N–H and O–H groups in total. The molecule has 0 aromatic heterocycles. The molecule has 2 heteroatoms. The van der Waals surface area contributed by atoms with Gasteiger partial charge < -0.3 is 0 Å². The second-order valence-corrected chi connectivity index (χ2v) is 3.26. The molecule has 0 atom stereocenters. The summed E-state index contributed by atoms with van der Waals surface area (Å²) < 4.78 is 0. The molecule has 0 aromatic carbocycles. The van der Waals surface area contributed by atoms with Crippen LogP contribution in [-0.4, -0.2) is 11.7 Å². The van der Waals surface area contributed by atoms with Gasteiger partial charge in [-0.05, 0) is 18.4 Å². The van der Waals surface area contributed by atoms with E-state index in [1.165, 1.54) is 0 Å². The molecule has 13 heavy (non-hydrogen) atoms. The van der Waals surface area contributed by atoms with Crippen molar-refractivity contribution in [2.45, 2.75) is 39.5 Å². The summed E-state index contributed by atoms with van der Waals surface area (Å²) in [5.41, 5.74) is 2.12. The van der Waals surface area contributed by atoms with Crippen molar-refractivity contribution in [3.8, 4) is 0 Å². The van der Waals surface area contributed by atoms with E-state index in [0.29, 0.717) is 5.57 Å². The van der Waals surface area contributed by atoms with E-state index in [0.717, 1.165) is 36.8 Å². The van der Waals surface area contributed by atoms with E-state index in [9.17, 15) is 9.59 Å². The lowest BCUT2D eigenvalue weighted by Crippen LogP contribution is -2.22. The highest BCUT2D eigenvalue weighted by Crippen LogP contribution is 2.34. The Morgan fingerprint density at radius 3 is 2.08 bits per heavy atom. The first-order chi connectivity index (χ1) is 6.26. The molecule has 0 spiro atoms. The van der Waals surface area contributed by atoms with Crippen LogP contribution in [0.25, 0.3) is 0 Å². The largest absolute Gasteiger partial charge is 0.288 e. The quantitative estimate of drug-likeness (QED) is 0.488. The molecule has 0 fully saturated rings. The Morgan fingerprint density at radius 2 is 1.62 bits per heavy atom. The van der Waals surface area contributed by atoms with Crippen molar-refractivity contribution in [3.05, 3.63) is 16.7 Å². The van der Waals surface area contributed by atoms with E-state index >= 15 is 0 Å². The van der Waals surface area contributed by atoms with Gasteiger partial charge in [-0.15, -0.1) is 0 Å². The fourth-order valence-electron chi connectivity index (χ4n) is 1.66. The van der Waals surface area contributed by atoms with Crippen molar-refractivity contribution in [1.82, 2.24) is 0 Å². The maximum Gasteiger partial charge on any atom is 0.200 e. The van der Waals surface area contributed by atoms with Crippen molar-refractivity contribution >= 4 is 11.7 Å². The predicted molar refractivity (Wildman–Crippen MR) is 51.1 cm³/mol. The number of carbonyl (C=O) groups excluding carboxylic acids is 2. The number of carbonyl (C=O) groups is 1. The van der Waals surface area contributed by atoms with Gasteiger partial charge in [-0.3, -0.25) is 4.79 Å². The van der Waals surface area contributed by atoms with Gasteiger partial charge in [-0.2, -0.15) is 0 Å². The Balaban J connectivity index is 2.92. The minimum atomic E-state index is -0.0692. The Morgan fingerprint density at radius 1 is 1.08 bits per heavy atom. The number of hydrogen-bond donors (Lipinski definition) is 0. The lowest BCUT2D eigenvalue weighted by molar-refractivity contribution is -0.113. The number of Topliss-reactive ketones (excluding diaryl/α,β-unsaturated/α-hetero) is 1. The first-order valence-electron chi connectivity index (χ1n) is 4.78. The van der Waals surface area contributed by atoms with Gasteiger partial charge in [-0.25, -0.2) is 4.79 Å². The molecule has 0 heterocycles. The number of rotatable bonds is 4. The summed E-state index contributed by atoms with van der Waals surface area (Å²) in [5, 5.41) is 0. The van der Waals surface area contributed by atoms with E-state index < -0.39 is 0 Å². The molecular formula is C11H14O2. The summed E-state index contributed by atoms with van der Waals surface area (Å²) in [6.07, 6.45) is 3.58. The van der Waals surface area contributed by atoms with Crippen molar-refractivity contribution in [2.24, 2.45) is 0 Å². The third-order valence-corrected chi connectivity index (χ3v) is 2.27. The average molecular weight is 178 g/mol. The van der Waals surface area contributed by atoms with E-state index in [4.69, 9.17) is 0 Å². The number of ketones is 1. The summed E-state index contributed by atoms with van der Waals surface area (Å²) in [6, 6.07) is 0. The number of hydrogen-bond acceptors (Lipinski definition) is 2. The van der Waals surface area contributed by atoms with Gasteiger partial charge in [0, 0.05) is 5.57 Å². The van der Waals surface area contributed by atoms with Crippen molar-refractivity contribution in [2.75, 3.05) is 0 Å². The molecule has 2 nitrogen and oxygen atoms in total. The highest BCUT2D eigenvalue weighted by atomic mass is 16.1. The van der Waals surface area contributed by atoms with Gasteiger partial charge >= 0.3 is 0 Å². The Labute approximate surface area is 78.3 Å². The van der Waals surface area contributed by atoms with E-state index in [2.05, 4.69) is 0 Å². The molecule has 70 valence electrons. The van der Waals surface area contributed by atoms with Gasteiger partial charge in [0.25, 0.3) is 0 Å². The van der Waals surface area contributed by atoms with Crippen molar-refractivity contribution in [3.63, 3.8) is 0 Å². The summed E-state index contributed by atoms with van der Waals surface area (Å²) in [7, 11) is 0. The van der Waals surface area contributed by atoms with E-state index in [-0.39, 0.29) is 5.78 Å². The molecule has 0 unspecified atom stereocenters. The zero-order chi connectivity index (χ0) is 9.84. The molecule has 1 rings (SSSR count). The average Bonchev–Trinajstić information content (AvgIpc) is 2.14. The predicted octanol–water partition coefficient (Wildman–Crippen LogP) is 2.22. The first-order valence-corrected chi connectivity index (χ1v) is 4.78. The third kappa shape index (κ3) is 1.63. The third-order valence-electron chi connectivity index (χ3n) is 2.27. The molecule has 0 amide bonds. The molecule has 0 aromatic rings. The highest BCUT2D eigenvalue weighted by Gasteiger charge is 2.32. The van der Waals surface area contributed by atoms with Gasteiger partial charge in [-0.1, -0.05) is 26.7 Å². The summed E-state index contributed by atoms with van der Waals surface area (Å²) in [6.45, 7) is 4.08. The minimum absolute atomic E-state index is 0.0692. The second kappa shape index (κ2) is 4.20. The van der Waals surface area contributed by atoms with Crippen molar-refractivity contribution < 1.29 is 9.59 Å². The smallest absolute Gasteiger partial charge is 0.200 e. The molecule has 0 saturated heterocycles. The van der Waals surface area contributed by atoms with Crippen LogP contribution in [-0.2, 0) is 9.59 Å². The molecule has 1 aliphatic rings. The molecule has 0 bridgehead atoms. The maximum atomic E-state index is 11.3. The maximum absolute atomic E-state index is 11.3. The van der Waals surface area contributed by atoms with Crippen LogP contribution in [0.2, 0.25) is 0 Å². The Hall–Kier alpha value is -1.14. The Kier molecular flexibility index (Phi) is 3.21. The van der Waals surface area contributed by atoms with Crippen LogP contribution in [0.1, 0.15) is 39.5 Å². The fraction of sp³-hybridized carbons (Fsp3) is 0.545. The highest BCUT2D eigenvalue weighted by molar-refractivity contribution is 6.24. The minimum Gasteiger partial charge on any atom is -0.288 e. The van der Waals surface area contributed by atoms with Crippen LogP contribution in [0.4, 0.5) is 0 Å². The van der Waals surface area contributed by atoms with Gasteiger partial charge in [0.05, 0.1) is 0 Å². The summed E-state index contributed by atoms with van der Waals surface area (Å²) in [4.78, 5) is 21.7. The molecule has 0 radical (unpaired) electrons.